The van der Waals surface area contributed by atoms with Gasteiger partial charge in [-0.1, -0.05) is 54.2 Å². The summed E-state index contributed by atoms with van der Waals surface area (Å²) in [5.74, 6) is 0.0521. The van der Waals surface area contributed by atoms with Gasteiger partial charge in [0, 0.05) is 23.7 Å². The molecular weight excluding hydrogens is 441 g/mol. The van der Waals surface area contributed by atoms with E-state index < -0.39 is 28.8 Å². The lowest BCUT2D eigenvalue weighted by Crippen LogP contribution is -2.35. The number of hydrogen-bond acceptors (Lipinski definition) is 5. The zero-order chi connectivity index (χ0) is 25.5. The van der Waals surface area contributed by atoms with E-state index >= 15 is 0 Å². The maximum absolute atomic E-state index is 13.2. The average molecular weight is 477 g/mol. The number of nitrogens with zero attached hydrogens (tertiary/aromatic N) is 3. The van der Waals surface area contributed by atoms with Crippen LogP contribution < -0.4 is 10.0 Å². The molecular formula is C22H35F3N4O2S. The largest absolute Gasteiger partial charge is 0.412 e. The summed E-state index contributed by atoms with van der Waals surface area (Å²) in [7, 11) is -3.90. The van der Waals surface area contributed by atoms with Gasteiger partial charge in [-0.15, -0.1) is 0 Å². The van der Waals surface area contributed by atoms with Gasteiger partial charge in [-0.3, -0.25) is 9.98 Å². The highest BCUT2D eigenvalue weighted by molar-refractivity contribution is 7.89. The number of amidine groups is 1. The molecule has 0 aromatic heterocycles. The van der Waals surface area contributed by atoms with Crippen molar-refractivity contribution in [1.82, 2.24) is 0 Å². The zero-order valence-electron chi connectivity index (χ0n) is 19.8. The van der Waals surface area contributed by atoms with Gasteiger partial charge < -0.3 is 4.90 Å². The van der Waals surface area contributed by atoms with Crippen LogP contribution in [0.3, 0.4) is 0 Å². The summed E-state index contributed by atoms with van der Waals surface area (Å²) in [6.07, 6.45) is -0.321. The molecule has 2 rings (SSSR count). The van der Waals surface area contributed by atoms with Crippen LogP contribution in [0.2, 0.25) is 0 Å². The molecule has 1 atom stereocenters. The number of anilines is 1. The number of primary sulfonamides is 1. The number of sulfonamides is 1. The maximum Gasteiger partial charge on any atom is 0.412 e. The van der Waals surface area contributed by atoms with Crippen LogP contribution in [0.25, 0.3) is 0 Å². The lowest BCUT2D eigenvalue weighted by atomic mass is 10.2. The molecule has 0 aliphatic carbocycles. The third kappa shape index (κ3) is 9.35. The highest BCUT2D eigenvalue weighted by Gasteiger charge is 2.45. The Morgan fingerprint density at radius 1 is 1.16 bits per heavy atom. The smallest absolute Gasteiger partial charge is 0.324 e. The van der Waals surface area contributed by atoms with Crippen LogP contribution in [0.15, 0.2) is 63.6 Å². The van der Waals surface area contributed by atoms with Crippen molar-refractivity contribution in [3.05, 3.63) is 48.7 Å². The minimum Gasteiger partial charge on any atom is -0.324 e. The van der Waals surface area contributed by atoms with E-state index in [1.165, 1.54) is 47.7 Å². The lowest BCUT2D eigenvalue weighted by Gasteiger charge is -2.22. The minimum absolute atomic E-state index is 0.0521. The van der Waals surface area contributed by atoms with E-state index in [9.17, 15) is 21.6 Å². The molecule has 0 saturated heterocycles. The molecule has 6 nitrogen and oxygen atoms in total. The topological polar surface area (TPSA) is 88.1 Å². The second-order valence-electron chi connectivity index (χ2n) is 5.36. The van der Waals surface area contributed by atoms with Crippen molar-refractivity contribution in [3.8, 4) is 0 Å². The van der Waals surface area contributed by atoms with Crippen LogP contribution in [0.4, 0.5) is 18.9 Å². The highest BCUT2D eigenvalue weighted by atomic mass is 32.2. The van der Waals surface area contributed by atoms with Gasteiger partial charge in [0.15, 0.2) is 6.04 Å². The first-order valence-corrected chi connectivity index (χ1v) is 12.0. The van der Waals surface area contributed by atoms with E-state index in [0.717, 1.165) is 0 Å². The molecule has 10 heteroatoms. The van der Waals surface area contributed by atoms with Crippen molar-refractivity contribution < 1.29 is 21.6 Å². The molecule has 1 aromatic rings. The Morgan fingerprint density at radius 3 is 2.03 bits per heavy atom. The van der Waals surface area contributed by atoms with Crippen LogP contribution in [0.1, 0.15) is 48.5 Å². The third-order valence-electron chi connectivity index (χ3n) is 3.58. The predicted molar refractivity (Wildman–Crippen MR) is 129 cm³/mol. The molecule has 32 heavy (non-hydrogen) atoms. The van der Waals surface area contributed by atoms with Crippen LogP contribution in [-0.4, -0.2) is 39.2 Å². The predicted octanol–water partition coefficient (Wildman–Crippen LogP) is 5.72. The van der Waals surface area contributed by atoms with Gasteiger partial charge in [-0.05, 0) is 31.2 Å². The summed E-state index contributed by atoms with van der Waals surface area (Å²) >= 11 is 0. The van der Waals surface area contributed by atoms with Gasteiger partial charge in [0.2, 0.25) is 10.0 Å². The summed E-state index contributed by atoms with van der Waals surface area (Å²) in [6.45, 7) is 16.8. The molecule has 0 amide bonds. The number of rotatable bonds is 5. The normalized spacial score (nSPS) is 16.1. The number of nitrogens with two attached hydrogens (primary N) is 1. The fraction of sp³-hybridized carbons (Fsp3) is 0.455. The standard InChI is InChI=1S/C16H17F3N4O2S.3C2H6/c1-3-11(9-21-4-2)15-22-14(16(17,18)19)10-23(15)12-5-7-13(8-6-12)26(20,24)25;3*1-2/h3-9,14H,1,10H2,2H3,(H2,20,24,25);3*1-2H3/b11-9+,21-4?;;;. The Balaban J connectivity index is 0. The van der Waals surface area contributed by atoms with Gasteiger partial charge >= 0.3 is 6.18 Å². The Hall–Kier alpha value is -2.46. The van der Waals surface area contributed by atoms with E-state index in [1.54, 1.807) is 6.92 Å². The molecule has 0 fully saturated rings. The number of hydrogen-bond donors (Lipinski definition) is 1. The second-order valence-corrected chi connectivity index (χ2v) is 6.92. The van der Waals surface area contributed by atoms with Crippen LogP contribution >= 0.6 is 0 Å². The summed E-state index contributed by atoms with van der Waals surface area (Å²) in [4.78, 5) is 8.88. The average Bonchev–Trinajstić information content (AvgIpc) is 3.24. The molecule has 1 aliphatic heterocycles. The van der Waals surface area contributed by atoms with E-state index in [1.807, 2.05) is 41.5 Å². The fourth-order valence-corrected chi connectivity index (χ4v) is 2.84. The van der Waals surface area contributed by atoms with Crippen molar-refractivity contribution >= 4 is 27.8 Å². The number of alkyl halides is 3. The first-order valence-electron chi connectivity index (χ1n) is 10.4. The highest BCUT2D eigenvalue weighted by Crippen LogP contribution is 2.32. The van der Waals surface area contributed by atoms with Crippen LogP contribution in [0, 0.1) is 0 Å². The Kier molecular flexibility index (Phi) is 15.2. The number of halogens is 3. The van der Waals surface area contributed by atoms with Gasteiger partial charge in [0.25, 0.3) is 0 Å². The van der Waals surface area contributed by atoms with Crippen molar-refractivity contribution in [2.24, 2.45) is 15.1 Å². The van der Waals surface area contributed by atoms with Gasteiger partial charge in [-0.2, -0.15) is 13.2 Å². The van der Waals surface area contributed by atoms with E-state index in [-0.39, 0.29) is 10.7 Å². The first kappa shape index (κ1) is 31.7. The zero-order valence-corrected chi connectivity index (χ0v) is 20.6. The quantitative estimate of drug-likeness (QED) is 0.435. The molecule has 182 valence electrons. The Labute approximate surface area is 190 Å². The van der Waals surface area contributed by atoms with Gasteiger partial charge in [0.1, 0.15) is 5.84 Å². The van der Waals surface area contributed by atoms with Crippen molar-refractivity contribution in [2.45, 2.75) is 65.6 Å². The molecule has 1 heterocycles. The Morgan fingerprint density at radius 2 is 1.66 bits per heavy atom. The summed E-state index contributed by atoms with van der Waals surface area (Å²) in [5, 5.41) is 5.04. The van der Waals surface area contributed by atoms with Gasteiger partial charge in [-0.25, -0.2) is 13.6 Å². The molecule has 0 saturated carbocycles. The molecule has 0 radical (unpaired) electrons. The SMILES string of the molecule is C=C/C(=C\N=CC)C1=NC(C(F)(F)F)CN1c1ccc(S(N)(=O)=O)cc1.CC.CC.CC. The van der Waals surface area contributed by atoms with Crippen molar-refractivity contribution in [1.29, 1.82) is 0 Å². The van der Waals surface area contributed by atoms with E-state index in [0.29, 0.717) is 11.3 Å². The molecule has 2 N–H and O–H groups in total. The minimum atomic E-state index is -4.51. The lowest BCUT2D eigenvalue weighted by molar-refractivity contribution is -0.142. The summed E-state index contributed by atoms with van der Waals surface area (Å²) in [5.41, 5.74) is 0.654. The first-order chi connectivity index (χ1) is 15.1. The summed E-state index contributed by atoms with van der Waals surface area (Å²) < 4.78 is 62.2. The Bertz CT molecular complexity index is 875. The third-order valence-corrected chi connectivity index (χ3v) is 4.51. The molecule has 0 bridgehead atoms. The van der Waals surface area contributed by atoms with Crippen molar-refractivity contribution in [2.75, 3.05) is 11.4 Å². The number of aliphatic imine (C=N–C) groups is 2. The molecule has 0 spiro atoms. The number of benzene rings is 1. The van der Waals surface area contributed by atoms with E-state index in [4.69, 9.17) is 5.14 Å². The van der Waals surface area contributed by atoms with E-state index in [2.05, 4.69) is 16.6 Å². The van der Waals surface area contributed by atoms with Crippen molar-refractivity contribution in [3.63, 3.8) is 0 Å². The fourth-order valence-electron chi connectivity index (χ4n) is 2.32. The maximum atomic E-state index is 13.2. The monoisotopic (exact) mass is 476 g/mol. The summed E-state index contributed by atoms with van der Waals surface area (Å²) in [6, 6.07) is 3.29. The van der Waals surface area contributed by atoms with Crippen LogP contribution in [0.5, 0.6) is 0 Å². The molecule has 1 aromatic carbocycles. The second kappa shape index (κ2) is 15.4. The van der Waals surface area contributed by atoms with Crippen LogP contribution in [-0.2, 0) is 10.0 Å². The molecule has 1 aliphatic rings. The molecule has 1 unspecified atom stereocenters. The van der Waals surface area contributed by atoms with Gasteiger partial charge in [0.05, 0.1) is 11.4 Å².